The van der Waals surface area contributed by atoms with Crippen LogP contribution in [0.15, 0.2) is 39.3 Å². The zero-order chi connectivity index (χ0) is 17.1. The number of nitro groups is 1. The monoisotopic (exact) mass is 362 g/mol. The van der Waals surface area contributed by atoms with Crippen molar-refractivity contribution in [1.82, 2.24) is 15.2 Å². The van der Waals surface area contributed by atoms with Gasteiger partial charge in [0, 0.05) is 22.8 Å². The van der Waals surface area contributed by atoms with Gasteiger partial charge in [-0.05, 0) is 19.4 Å². The average molecular weight is 362 g/mol. The van der Waals surface area contributed by atoms with E-state index in [-0.39, 0.29) is 10.9 Å². The van der Waals surface area contributed by atoms with Crippen LogP contribution in [-0.2, 0) is 6.42 Å². The highest BCUT2D eigenvalue weighted by molar-refractivity contribution is 7.99. The summed E-state index contributed by atoms with van der Waals surface area (Å²) in [6, 6.07) is 6.56. The Hall–Kier alpha value is -2.26. The van der Waals surface area contributed by atoms with Crippen molar-refractivity contribution in [3.63, 3.8) is 0 Å². The number of nitrogens with zero attached hydrogens (tertiary/aromatic N) is 4. The third kappa shape index (κ3) is 3.98. The van der Waals surface area contributed by atoms with Crippen molar-refractivity contribution in [2.24, 2.45) is 0 Å². The van der Waals surface area contributed by atoms with Crippen molar-refractivity contribution in [1.29, 1.82) is 0 Å². The van der Waals surface area contributed by atoms with E-state index in [1.165, 1.54) is 17.8 Å². The lowest BCUT2D eigenvalue weighted by Gasteiger charge is -2.08. The van der Waals surface area contributed by atoms with Gasteiger partial charge in [0.05, 0.1) is 22.0 Å². The molecule has 0 aliphatic rings. The van der Waals surface area contributed by atoms with Gasteiger partial charge in [-0.2, -0.15) is 0 Å². The molecule has 7 nitrogen and oxygen atoms in total. The van der Waals surface area contributed by atoms with E-state index in [2.05, 4.69) is 15.2 Å². The van der Waals surface area contributed by atoms with Crippen molar-refractivity contribution in [3.8, 4) is 0 Å². The molecule has 0 radical (unpaired) electrons. The molecule has 2 heterocycles. The van der Waals surface area contributed by atoms with Crippen molar-refractivity contribution < 1.29 is 9.34 Å². The molecule has 2 aromatic heterocycles. The van der Waals surface area contributed by atoms with Crippen molar-refractivity contribution >= 4 is 28.8 Å². The van der Waals surface area contributed by atoms with E-state index in [4.69, 9.17) is 4.42 Å². The molecule has 0 N–H and O–H groups in total. The lowest BCUT2D eigenvalue weighted by Crippen LogP contribution is -1.92. The summed E-state index contributed by atoms with van der Waals surface area (Å²) in [5.41, 5.74) is 1.82. The summed E-state index contributed by atoms with van der Waals surface area (Å²) < 4.78 is 5.64. The highest BCUT2D eigenvalue weighted by Crippen LogP contribution is 2.35. The molecule has 0 fully saturated rings. The van der Waals surface area contributed by atoms with Crippen LogP contribution in [0.1, 0.15) is 34.3 Å². The van der Waals surface area contributed by atoms with Crippen LogP contribution in [-0.4, -0.2) is 20.1 Å². The number of non-ortho nitro benzene ring substituents is 1. The number of hydrogen-bond donors (Lipinski definition) is 0. The predicted molar refractivity (Wildman–Crippen MR) is 91.3 cm³/mol. The van der Waals surface area contributed by atoms with Gasteiger partial charge < -0.3 is 4.42 Å². The first-order valence-corrected chi connectivity index (χ1v) is 8.91. The molecule has 3 aromatic rings. The Morgan fingerprint density at radius 3 is 2.96 bits per heavy atom. The third-order valence-electron chi connectivity index (χ3n) is 3.28. The number of thiazole rings is 1. The Morgan fingerprint density at radius 2 is 2.25 bits per heavy atom. The predicted octanol–water partition coefficient (Wildman–Crippen LogP) is 4.19. The zero-order valence-corrected chi connectivity index (χ0v) is 14.6. The first-order chi connectivity index (χ1) is 11.5. The highest BCUT2D eigenvalue weighted by atomic mass is 32.2. The minimum Gasteiger partial charge on any atom is -0.416 e. The molecular formula is C15H14N4O3S2. The van der Waals surface area contributed by atoms with Gasteiger partial charge in [0.15, 0.2) is 0 Å². The van der Waals surface area contributed by atoms with Crippen molar-refractivity contribution in [3.05, 3.63) is 61.9 Å². The molecule has 0 amide bonds. The second-order valence-corrected chi connectivity index (χ2v) is 7.46. The van der Waals surface area contributed by atoms with Gasteiger partial charge in [-0.1, -0.05) is 23.9 Å². The van der Waals surface area contributed by atoms with Crippen LogP contribution < -0.4 is 0 Å². The van der Waals surface area contributed by atoms with E-state index in [9.17, 15) is 10.1 Å². The number of rotatable bonds is 6. The molecule has 0 bridgehead atoms. The fourth-order valence-electron chi connectivity index (χ4n) is 2.11. The molecule has 1 atom stereocenters. The Morgan fingerprint density at radius 1 is 1.42 bits per heavy atom. The maximum atomic E-state index is 10.9. The first-order valence-electron chi connectivity index (χ1n) is 7.15. The SMILES string of the molecule is Cc1nc(Cc2nnc(S[C@H](C)c3cccc([N+](=O)[O-])c3)o2)cs1. The summed E-state index contributed by atoms with van der Waals surface area (Å²) in [5, 5.41) is 22.3. The Balaban J connectivity index is 1.67. The summed E-state index contributed by atoms with van der Waals surface area (Å²) in [4.78, 5) is 14.8. The van der Waals surface area contributed by atoms with Crippen LogP contribution in [0.4, 0.5) is 5.69 Å². The summed E-state index contributed by atoms with van der Waals surface area (Å²) in [6.07, 6.45) is 0.503. The fourth-order valence-corrected chi connectivity index (χ4v) is 3.54. The van der Waals surface area contributed by atoms with E-state index in [1.54, 1.807) is 23.5 Å². The van der Waals surface area contributed by atoms with E-state index in [0.717, 1.165) is 16.3 Å². The Kier molecular flexibility index (Phi) is 4.91. The Labute approximate surface area is 146 Å². The van der Waals surface area contributed by atoms with E-state index < -0.39 is 4.92 Å². The van der Waals surface area contributed by atoms with Gasteiger partial charge in [-0.15, -0.1) is 21.5 Å². The number of nitro benzene ring substituents is 1. The van der Waals surface area contributed by atoms with Gasteiger partial charge in [-0.3, -0.25) is 10.1 Å². The quantitative estimate of drug-likeness (QED) is 0.368. The standard InChI is InChI=1S/C15H14N4O3S2/c1-9(11-4-3-5-13(6-11)19(20)21)24-15-18-17-14(22-15)7-12-8-23-10(2)16-12/h3-6,8-9H,7H2,1-2H3/t9-/m1/s1. The van der Waals surface area contributed by atoms with Crippen LogP contribution in [0.3, 0.4) is 0 Å². The third-order valence-corrected chi connectivity index (χ3v) is 5.09. The minimum atomic E-state index is -0.401. The molecule has 124 valence electrons. The first kappa shape index (κ1) is 16.6. The van der Waals surface area contributed by atoms with Gasteiger partial charge in [0.2, 0.25) is 5.89 Å². The normalized spacial score (nSPS) is 12.2. The largest absolute Gasteiger partial charge is 0.416 e. The van der Waals surface area contributed by atoms with Crippen molar-refractivity contribution in [2.75, 3.05) is 0 Å². The van der Waals surface area contributed by atoms with Crippen LogP contribution in [0.25, 0.3) is 0 Å². The molecule has 0 spiro atoms. The van der Waals surface area contributed by atoms with Crippen LogP contribution in [0, 0.1) is 17.0 Å². The number of aromatic nitrogens is 3. The van der Waals surface area contributed by atoms with Gasteiger partial charge in [0.1, 0.15) is 0 Å². The van der Waals surface area contributed by atoms with E-state index >= 15 is 0 Å². The lowest BCUT2D eigenvalue weighted by molar-refractivity contribution is -0.384. The number of thioether (sulfide) groups is 1. The van der Waals surface area contributed by atoms with E-state index in [0.29, 0.717) is 17.5 Å². The van der Waals surface area contributed by atoms with Gasteiger partial charge in [0.25, 0.3) is 10.9 Å². The Bertz CT molecular complexity index is 862. The molecule has 24 heavy (non-hydrogen) atoms. The number of aryl methyl sites for hydroxylation is 1. The maximum Gasteiger partial charge on any atom is 0.277 e. The molecule has 1 aromatic carbocycles. The lowest BCUT2D eigenvalue weighted by atomic mass is 10.1. The zero-order valence-electron chi connectivity index (χ0n) is 13.0. The van der Waals surface area contributed by atoms with Crippen LogP contribution in [0.5, 0.6) is 0 Å². The van der Waals surface area contributed by atoms with Crippen molar-refractivity contribution in [2.45, 2.75) is 30.7 Å². The second kappa shape index (κ2) is 7.10. The molecule has 0 aliphatic carbocycles. The topological polar surface area (TPSA) is 95.0 Å². The minimum absolute atomic E-state index is 0.0419. The molecule has 0 aliphatic heterocycles. The second-order valence-electron chi connectivity index (χ2n) is 5.11. The summed E-state index contributed by atoms with van der Waals surface area (Å²) in [6.45, 7) is 3.89. The van der Waals surface area contributed by atoms with Crippen LogP contribution >= 0.6 is 23.1 Å². The number of benzene rings is 1. The smallest absolute Gasteiger partial charge is 0.277 e. The summed E-state index contributed by atoms with van der Waals surface area (Å²) in [5.74, 6) is 0.508. The average Bonchev–Trinajstić information content (AvgIpc) is 3.17. The van der Waals surface area contributed by atoms with Gasteiger partial charge >= 0.3 is 0 Å². The van der Waals surface area contributed by atoms with Gasteiger partial charge in [-0.25, -0.2) is 4.98 Å². The number of hydrogen-bond acceptors (Lipinski definition) is 8. The molecular weight excluding hydrogens is 348 g/mol. The highest BCUT2D eigenvalue weighted by Gasteiger charge is 2.16. The summed E-state index contributed by atoms with van der Waals surface area (Å²) >= 11 is 2.95. The molecule has 9 heteroatoms. The van der Waals surface area contributed by atoms with Crippen LogP contribution in [0.2, 0.25) is 0 Å². The fraction of sp³-hybridized carbons (Fsp3) is 0.267. The molecule has 0 saturated carbocycles. The maximum absolute atomic E-state index is 10.9. The molecule has 0 saturated heterocycles. The molecule has 3 rings (SSSR count). The molecule has 0 unspecified atom stereocenters. The summed E-state index contributed by atoms with van der Waals surface area (Å²) in [7, 11) is 0. The van der Waals surface area contributed by atoms with E-state index in [1.807, 2.05) is 25.3 Å².